The first-order chi connectivity index (χ1) is 15.6. The van der Waals surface area contributed by atoms with Gasteiger partial charge in [-0.05, 0) is 41.2 Å². The van der Waals surface area contributed by atoms with Crippen molar-refractivity contribution in [2.45, 2.75) is 46.0 Å². The van der Waals surface area contributed by atoms with E-state index in [-0.39, 0.29) is 11.2 Å². The van der Waals surface area contributed by atoms with E-state index in [9.17, 15) is 5.11 Å². The van der Waals surface area contributed by atoms with Gasteiger partial charge in [0, 0.05) is 26.4 Å². The second-order valence-electron chi connectivity index (χ2n) is 9.64. The van der Waals surface area contributed by atoms with Crippen LogP contribution in [0.2, 0.25) is 5.02 Å². The summed E-state index contributed by atoms with van der Waals surface area (Å²) < 4.78 is 0. The zero-order valence-electron chi connectivity index (χ0n) is 19.2. The Morgan fingerprint density at radius 3 is 2.36 bits per heavy atom. The Morgan fingerprint density at radius 1 is 0.909 bits per heavy atom. The van der Waals surface area contributed by atoms with E-state index < -0.39 is 0 Å². The molecule has 3 aromatic heterocycles. The van der Waals surface area contributed by atoms with Gasteiger partial charge in [-0.2, -0.15) is 0 Å². The number of hydrogen-bond donors (Lipinski definition) is 1. The summed E-state index contributed by atoms with van der Waals surface area (Å²) in [5.41, 5.74) is 4.64. The molecule has 5 rings (SSSR count). The van der Waals surface area contributed by atoms with Gasteiger partial charge < -0.3 is 5.11 Å². The number of aromatic nitrogens is 2. The highest BCUT2D eigenvalue weighted by Crippen LogP contribution is 2.45. The molecule has 5 aromatic rings. The van der Waals surface area contributed by atoms with Crippen LogP contribution in [-0.4, -0.2) is 15.1 Å². The molecule has 0 unspecified atom stereocenters. The van der Waals surface area contributed by atoms with Crippen LogP contribution >= 0.6 is 34.3 Å². The Labute approximate surface area is 206 Å². The fourth-order valence-corrected chi connectivity index (χ4v) is 6.25. The smallest absolute Gasteiger partial charge is 0.146 e. The van der Waals surface area contributed by atoms with Crippen LogP contribution < -0.4 is 0 Å². The predicted molar refractivity (Wildman–Crippen MR) is 143 cm³/mol. The first-order valence-corrected chi connectivity index (χ1v) is 13.0. The van der Waals surface area contributed by atoms with Crippen molar-refractivity contribution in [2.75, 3.05) is 0 Å². The number of hydrogen-bond acceptors (Lipinski definition) is 5. The van der Waals surface area contributed by atoms with Crippen LogP contribution in [0.3, 0.4) is 0 Å². The molecule has 0 spiro atoms. The lowest BCUT2D eigenvalue weighted by Gasteiger charge is -2.19. The molecule has 2 aromatic carbocycles. The Morgan fingerprint density at radius 2 is 1.67 bits per heavy atom. The molecular formula is C27H25ClN2OS2. The molecule has 0 radical (unpaired) electrons. The van der Waals surface area contributed by atoms with E-state index in [1.807, 2.05) is 36.4 Å². The molecule has 3 heterocycles. The molecule has 0 aliphatic heterocycles. The molecule has 0 aliphatic rings. The fourth-order valence-electron chi connectivity index (χ4n) is 3.94. The first-order valence-electron chi connectivity index (χ1n) is 11.0. The number of aromatic hydroxyl groups is 1. The van der Waals surface area contributed by atoms with Gasteiger partial charge in [0.1, 0.15) is 25.9 Å². The van der Waals surface area contributed by atoms with Crippen molar-refractivity contribution in [1.29, 1.82) is 0 Å². The summed E-state index contributed by atoms with van der Waals surface area (Å²) in [5, 5.41) is 13.2. The summed E-state index contributed by atoms with van der Waals surface area (Å²) in [7, 11) is 0. The van der Waals surface area contributed by atoms with Crippen molar-refractivity contribution >= 4 is 54.8 Å². The number of phenols is 1. The maximum absolute atomic E-state index is 10.7. The molecule has 0 amide bonds. The van der Waals surface area contributed by atoms with E-state index in [0.717, 1.165) is 47.8 Å². The molecule has 0 bridgehead atoms. The number of phenolic OH excluding ortho intramolecular Hbond substituents is 1. The van der Waals surface area contributed by atoms with Gasteiger partial charge in [0.2, 0.25) is 0 Å². The van der Waals surface area contributed by atoms with Crippen molar-refractivity contribution in [2.24, 2.45) is 0 Å². The van der Waals surface area contributed by atoms with E-state index in [0.29, 0.717) is 10.9 Å². The van der Waals surface area contributed by atoms with Crippen molar-refractivity contribution < 1.29 is 5.11 Å². The van der Waals surface area contributed by atoms with E-state index in [2.05, 4.69) is 40.7 Å². The highest BCUT2D eigenvalue weighted by atomic mass is 35.5. The highest BCUT2D eigenvalue weighted by Gasteiger charge is 2.23. The van der Waals surface area contributed by atoms with Gasteiger partial charge in [-0.15, -0.1) is 11.3 Å². The average Bonchev–Trinajstić information content (AvgIpc) is 3.36. The Kier molecular flexibility index (Phi) is 5.47. The molecule has 1 N–H and O–H groups in total. The predicted octanol–water partition coefficient (Wildman–Crippen LogP) is 9.02. The van der Waals surface area contributed by atoms with Gasteiger partial charge >= 0.3 is 0 Å². The lowest BCUT2D eigenvalue weighted by atomic mass is 9.86. The average molecular weight is 493 g/mol. The summed E-state index contributed by atoms with van der Waals surface area (Å²) in [5.74, 6) is 0.646. The minimum Gasteiger partial charge on any atom is -0.507 e. The van der Waals surface area contributed by atoms with E-state index in [1.165, 1.54) is 16.2 Å². The molecule has 0 atom stereocenters. The van der Waals surface area contributed by atoms with Crippen LogP contribution in [0.15, 0.2) is 48.5 Å². The summed E-state index contributed by atoms with van der Waals surface area (Å²) in [6.45, 7) is 10.9. The number of thiophene rings is 1. The number of pyridine rings is 1. The van der Waals surface area contributed by atoms with Gasteiger partial charge in [0.05, 0.1) is 5.56 Å². The Hall–Kier alpha value is -2.47. The third kappa shape index (κ3) is 3.92. The fraction of sp³-hybridized carbons (Fsp3) is 0.259. The normalized spacial score (nSPS) is 12.3. The van der Waals surface area contributed by atoms with Crippen LogP contribution in [0, 0.1) is 0 Å². The topological polar surface area (TPSA) is 46.0 Å². The van der Waals surface area contributed by atoms with Gasteiger partial charge in [0.15, 0.2) is 0 Å². The number of halogens is 1. The number of nitrogens with zero attached hydrogens (tertiary/aromatic N) is 2. The second kappa shape index (κ2) is 8.08. The summed E-state index contributed by atoms with van der Waals surface area (Å²) in [6.07, 6.45) is 0. The molecule has 33 heavy (non-hydrogen) atoms. The van der Waals surface area contributed by atoms with Crippen LogP contribution in [0.25, 0.3) is 42.3 Å². The molecule has 0 fully saturated rings. The minimum atomic E-state index is -0.0318. The monoisotopic (exact) mass is 492 g/mol. The molecule has 0 saturated carbocycles. The molecule has 0 aliphatic carbocycles. The SMILES string of the molecule is CC(C)c1cc2c(-c3ccccc3Cl)c3nc(-c4cc(C(C)(C)C)ccc4O)sc3nc2s1. The lowest BCUT2D eigenvalue weighted by molar-refractivity contribution is 0.476. The Bertz CT molecular complexity index is 1510. The summed E-state index contributed by atoms with van der Waals surface area (Å²) in [6, 6.07) is 15.9. The largest absolute Gasteiger partial charge is 0.507 e. The molecule has 6 heteroatoms. The highest BCUT2D eigenvalue weighted by molar-refractivity contribution is 7.22. The van der Waals surface area contributed by atoms with E-state index in [4.69, 9.17) is 21.6 Å². The minimum absolute atomic E-state index is 0.0318. The maximum atomic E-state index is 10.7. The lowest BCUT2D eigenvalue weighted by Crippen LogP contribution is -2.10. The zero-order chi connectivity index (χ0) is 23.5. The van der Waals surface area contributed by atoms with Gasteiger partial charge in [0.25, 0.3) is 0 Å². The quantitative estimate of drug-likeness (QED) is 0.273. The van der Waals surface area contributed by atoms with Crippen LogP contribution in [0.4, 0.5) is 0 Å². The number of fused-ring (bicyclic) bond motifs is 2. The van der Waals surface area contributed by atoms with Crippen molar-refractivity contribution in [1.82, 2.24) is 9.97 Å². The second-order valence-corrected chi connectivity index (χ2v) is 12.1. The summed E-state index contributed by atoms with van der Waals surface area (Å²) in [4.78, 5) is 13.2. The number of rotatable bonds is 3. The van der Waals surface area contributed by atoms with E-state index >= 15 is 0 Å². The third-order valence-corrected chi connectivity index (χ3v) is 8.50. The van der Waals surface area contributed by atoms with Gasteiger partial charge in [-0.3, -0.25) is 0 Å². The van der Waals surface area contributed by atoms with Crippen LogP contribution in [0.5, 0.6) is 5.75 Å². The molecular weight excluding hydrogens is 468 g/mol. The first kappa shape index (κ1) is 22.3. The van der Waals surface area contributed by atoms with Gasteiger partial charge in [-0.25, -0.2) is 9.97 Å². The van der Waals surface area contributed by atoms with E-state index in [1.54, 1.807) is 17.4 Å². The molecule has 168 valence electrons. The summed E-state index contributed by atoms with van der Waals surface area (Å²) >= 11 is 9.90. The molecule has 3 nitrogen and oxygen atoms in total. The van der Waals surface area contributed by atoms with Crippen molar-refractivity contribution in [3.8, 4) is 27.4 Å². The van der Waals surface area contributed by atoms with Crippen LogP contribution in [-0.2, 0) is 5.41 Å². The van der Waals surface area contributed by atoms with Crippen molar-refractivity contribution in [3.05, 3.63) is 64.0 Å². The Balaban J connectivity index is 1.82. The standard InChI is InChI=1S/C27H25ClN2OS2/c1-14(2)21-13-18-22(16-8-6-7-9-19(16)28)23-26(30-25(18)32-21)33-24(29-23)17-12-15(27(3,4)5)10-11-20(17)31/h6-14,31H,1-5H3. The van der Waals surface area contributed by atoms with Crippen molar-refractivity contribution in [3.63, 3.8) is 0 Å². The van der Waals surface area contributed by atoms with Crippen LogP contribution in [0.1, 0.15) is 51.0 Å². The van der Waals surface area contributed by atoms with Gasteiger partial charge in [-0.1, -0.05) is 81.8 Å². The third-order valence-electron chi connectivity index (χ3n) is 5.86. The number of thiazole rings is 1. The zero-order valence-corrected chi connectivity index (χ0v) is 21.6. The number of benzene rings is 2. The molecule has 0 saturated heterocycles. The maximum Gasteiger partial charge on any atom is 0.146 e.